The molecule has 0 spiro atoms. The first kappa shape index (κ1) is 22.3. The Kier molecular flexibility index (Phi) is 7.47. The molecular weight excluding hydrogens is 365 g/mol. The van der Waals surface area contributed by atoms with Gasteiger partial charge in [-0.2, -0.15) is 13.2 Å². The SMILES string of the molecule is C=CCOCC(C(=O)C(F)(F)F)C1CCC(C)C2CCC(C)OCC21OO. The van der Waals surface area contributed by atoms with Crippen molar-refractivity contribution < 1.29 is 37.6 Å². The summed E-state index contributed by atoms with van der Waals surface area (Å²) < 4.78 is 50.8. The largest absolute Gasteiger partial charge is 0.450 e. The lowest BCUT2D eigenvalue weighted by atomic mass is 9.59. The van der Waals surface area contributed by atoms with Crippen molar-refractivity contribution in [1.29, 1.82) is 0 Å². The van der Waals surface area contributed by atoms with Gasteiger partial charge in [-0.05, 0) is 44.4 Å². The summed E-state index contributed by atoms with van der Waals surface area (Å²) in [5, 5.41) is 9.85. The van der Waals surface area contributed by atoms with Gasteiger partial charge >= 0.3 is 6.18 Å². The molecule has 0 radical (unpaired) electrons. The molecule has 0 aromatic heterocycles. The van der Waals surface area contributed by atoms with E-state index >= 15 is 0 Å². The Balaban J connectivity index is 2.41. The monoisotopic (exact) mass is 394 g/mol. The molecule has 1 aliphatic carbocycles. The van der Waals surface area contributed by atoms with Crippen LogP contribution in [0.5, 0.6) is 0 Å². The lowest BCUT2D eigenvalue weighted by Crippen LogP contribution is -2.59. The summed E-state index contributed by atoms with van der Waals surface area (Å²) in [6, 6.07) is 0. The highest BCUT2D eigenvalue weighted by molar-refractivity contribution is 5.87. The number of alkyl halides is 3. The van der Waals surface area contributed by atoms with Crippen molar-refractivity contribution in [3.63, 3.8) is 0 Å². The molecule has 6 atom stereocenters. The predicted octanol–water partition coefficient (Wildman–Crippen LogP) is 4.03. The molecule has 2 rings (SSSR count). The second-order valence-electron chi connectivity index (χ2n) is 7.81. The quantitative estimate of drug-likeness (QED) is 0.306. The maximum atomic E-state index is 13.3. The molecule has 0 amide bonds. The van der Waals surface area contributed by atoms with E-state index in [0.717, 1.165) is 6.42 Å². The molecular formula is C19H29F3O5. The molecule has 27 heavy (non-hydrogen) atoms. The number of fused-ring (bicyclic) bond motifs is 1. The van der Waals surface area contributed by atoms with Crippen LogP contribution in [0, 0.1) is 23.7 Å². The molecule has 0 aromatic carbocycles. The summed E-state index contributed by atoms with van der Waals surface area (Å²) in [5.41, 5.74) is -1.36. The van der Waals surface area contributed by atoms with Crippen LogP contribution in [0.3, 0.4) is 0 Å². The Hall–Kier alpha value is -0.960. The topological polar surface area (TPSA) is 65.0 Å². The molecule has 1 N–H and O–H groups in total. The number of ketones is 1. The van der Waals surface area contributed by atoms with E-state index in [9.17, 15) is 23.2 Å². The first-order valence-corrected chi connectivity index (χ1v) is 9.41. The van der Waals surface area contributed by atoms with Gasteiger partial charge in [-0.1, -0.05) is 13.0 Å². The van der Waals surface area contributed by atoms with Gasteiger partial charge in [0.1, 0.15) is 5.60 Å². The maximum absolute atomic E-state index is 13.3. The van der Waals surface area contributed by atoms with Crippen molar-refractivity contribution in [2.75, 3.05) is 19.8 Å². The summed E-state index contributed by atoms with van der Waals surface area (Å²) >= 11 is 0. The van der Waals surface area contributed by atoms with Gasteiger partial charge in [0.25, 0.3) is 0 Å². The van der Waals surface area contributed by atoms with E-state index in [1.54, 1.807) is 0 Å². The van der Waals surface area contributed by atoms with Crippen LogP contribution in [0.2, 0.25) is 0 Å². The highest BCUT2D eigenvalue weighted by Gasteiger charge is 2.59. The van der Waals surface area contributed by atoms with E-state index in [2.05, 4.69) is 6.58 Å². The zero-order valence-electron chi connectivity index (χ0n) is 15.8. The third-order valence-corrected chi connectivity index (χ3v) is 6.16. The molecule has 156 valence electrons. The Labute approximate surface area is 157 Å². The van der Waals surface area contributed by atoms with Crippen molar-refractivity contribution in [3.05, 3.63) is 12.7 Å². The Morgan fingerprint density at radius 1 is 1.33 bits per heavy atom. The fraction of sp³-hybridized carbons (Fsp3) is 0.842. The van der Waals surface area contributed by atoms with Gasteiger partial charge in [0.15, 0.2) is 0 Å². The predicted molar refractivity (Wildman–Crippen MR) is 92.0 cm³/mol. The Morgan fingerprint density at radius 3 is 2.63 bits per heavy atom. The molecule has 1 saturated carbocycles. The van der Waals surface area contributed by atoms with Crippen LogP contribution in [0.25, 0.3) is 0 Å². The van der Waals surface area contributed by atoms with Gasteiger partial charge < -0.3 is 9.47 Å². The van der Waals surface area contributed by atoms with Crippen LogP contribution in [0.15, 0.2) is 12.7 Å². The molecule has 0 bridgehead atoms. The average Bonchev–Trinajstić information content (AvgIpc) is 2.79. The highest BCUT2D eigenvalue weighted by atomic mass is 19.4. The van der Waals surface area contributed by atoms with Crippen LogP contribution in [0.4, 0.5) is 13.2 Å². The first-order valence-electron chi connectivity index (χ1n) is 9.41. The summed E-state index contributed by atoms with van der Waals surface area (Å²) in [6.45, 7) is 6.94. The standard InChI is InChI=1S/C19H29F3O5/c1-4-9-25-10-14(17(23)19(20,21)22)16-7-5-12(2)15-8-6-13(3)26-11-18(15,16)27-24/h4,12-16,24H,1,5-11H2,2-3H3. The van der Waals surface area contributed by atoms with Gasteiger partial charge in [-0.25, -0.2) is 4.89 Å². The van der Waals surface area contributed by atoms with Gasteiger partial charge in [-0.3, -0.25) is 10.1 Å². The second kappa shape index (κ2) is 9.03. The highest BCUT2D eigenvalue weighted by Crippen LogP contribution is 2.51. The number of hydrogen-bond acceptors (Lipinski definition) is 5. The zero-order valence-corrected chi connectivity index (χ0v) is 15.8. The molecule has 2 aliphatic rings. The van der Waals surface area contributed by atoms with Crippen LogP contribution in [-0.4, -0.2) is 48.7 Å². The normalized spacial score (nSPS) is 35.8. The van der Waals surface area contributed by atoms with Crippen molar-refractivity contribution in [2.45, 2.75) is 57.4 Å². The summed E-state index contributed by atoms with van der Waals surface area (Å²) in [4.78, 5) is 17.1. The van der Waals surface area contributed by atoms with Crippen molar-refractivity contribution in [1.82, 2.24) is 0 Å². The van der Waals surface area contributed by atoms with Crippen molar-refractivity contribution in [3.8, 4) is 0 Å². The van der Waals surface area contributed by atoms with Gasteiger partial charge in [0.05, 0.1) is 31.8 Å². The number of halogens is 3. The Morgan fingerprint density at radius 2 is 2.04 bits per heavy atom. The number of rotatable bonds is 7. The zero-order chi connectivity index (χ0) is 20.2. The minimum Gasteiger partial charge on any atom is -0.377 e. The van der Waals surface area contributed by atoms with Crippen molar-refractivity contribution in [2.24, 2.45) is 23.7 Å². The van der Waals surface area contributed by atoms with Crippen LogP contribution in [0.1, 0.15) is 39.5 Å². The summed E-state index contributed by atoms with van der Waals surface area (Å²) in [5.74, 6) is -4.23. The molecule has 1 saturated heterocycles. The van der Waals surface area contributed by atoms with Crippen LogP contribution >= 0.6 is 0 Å². The van der Waals surface area contributed by atoms with E-state index < -0.39 is 36.0 Å². The van der Waals surface area contributed by atoms with E-state index in [1.165, 1.54) is 6.08 Å². The van der Waals surface area contributed by atoms with E-state index in [1.807, 2.05) is 13.8 Å². The van der Waals surface area contributed by atoms with Crippen LogP contribution < -0.4 is 0 Å². The lowest BCUT2D eigenvalue weighted by molar-refractivity contribution is -0.375. The van der Waals surface area contributed by atoms with Crippen LogP contribution in [-0.2, 0) is 19.2 Å². The van der Waals surface area contributed by atoms with E-state index in [4.69, 9.17) is 14.4 Å². The smallest absolute Gasteiger partial charge is 0.377 e. The lowest BCUT2D eigenvalue weighted by Gasteiger charge is -2.50. The number of ether oxygens (including phenoxy) is 2. The van der Waals surface area contributed by atoms with Crippen molar-refractivity contribution >= 4 is 5.78 Å². The molecule has 5 nitrogen and oxygen atoms in total. The fourth-order valence-corrected chi connectivity index (χ4v) is 4.72. The van der Waals surface area contributed by atoms with Gasteiger partial charge in [0, 0.05) is 5.92 Å². The van der Waals surface area contributed by atoms with E-state index in [0.29, 0.717) is 19.3 Å². The summed E-state index contributed by atoms with van der Waals surface area (Å²) in [7, 11) is 0. The average molecular weight is 394 g/mol. The number of carbonyl (C=O) groups excluding carboxylic acids is 1. The fourth-order valence-electron chi connectivity index (χ4n) is 4.72. The third-order valence-electron chi connectivity index (χ3n) is 6.16. The van der Waals surface area contributed by atoms with Gasteiger partial charge in [0.2, 0.25) is 5.78 Å². The van der Waals surface area contributed by atoms with E-state index in [-0.39, 0.29) is 31.2 Å². The minimum absolute atomic E-state index is 0.0364. The maximum Gasteiger partial charge on any atom is 0.450 e. The minimum atomic E-state index is -4.99. The van der Waals surface area contributed by atoms with Gasteiger partial charge in [-0.15, -0.1) is 6.58 Å². The summed E-state index contributed by atoms with van der Waals surface area (Å²) in [6.07, 6.45) is -1.33. The molecule has 1 aliphatic heterocycles. The third kappa shape index (κ3) is 4.72. The second-order valence-corrected chi connectivity index (χ2v) is 7.81. The molecule has 1 heterocycles. The first-order chi connectivity index (χ1) is 12.7. The number of carbonyl (C=O) groups is 1. The molecule has 6 unspecified atom stereocenters. The molecule has 8 heteroatoms. The number of Topliss-reactive ketones (excluding diaryl/α,β-unsaturated/α-hetero) is 1. The number of hydrogen-bond donors (Lipinski definition) is 1. The Bertz CT molecular complexity index is 524. The molecule has 0 aromatic rings. The molecule has 2 fully saturated rings.